The van der Waals surface area contributed by atoms with Crippen LogP contribution >= 0.6 is 0 Å². The zero-order valence-electron chi connectivity index (χ0n) is 18.9. The maximum Gasteiger partial charge on any atom is 0.0621 e. The predicted octanol–water partition coefficient (Wildman–Crippen LogP) is 8.90. The van der Waals surface area contributed by atoms with Crippen LogP contribution in [0.1, 0.15) is 133 Å². The number of nitrogens with zero attached hydrogens (tertiary/aromatic N) is 1. The lowest BCUT2D eigenvalue weighted by atomic mass is 9.75. The Morgan fingerprint density at radius 1 is 0.690 bits per heavy atom. The Morgan fingerprint density at radius 3 is 1.55 bits per heavy atom. The fourth-order valence-electron chi connectivity index (χ4n) is 5.93. The molecular weight excluding hydrogens is 350 g/mol. The smallest absolute Gasteiger partial charge is 0.0621 e. The van der Waals surface area contributed by atoms with Gasteiger partial charge in [0.05, 0.1) is 6.07 Å². The van der Waals surface area contributed by atoms with Crippen molar-refractivity contribution in [3.05, 3.63) is 35.4 Å². The Bertz CT molecular complexity index is 594. The van der Waals surface area contributed by atoms with E-state index in [0.717, 1.165) is 36.5 Å². The van der Waals surface area contributed by atoms with Gasteiger partial charge in [0.25, 0.3) is 0 Å². The van der Waals surface area contributed by atoms with Crippen LogP contribution in [0.5, 0.6) is 0 Å². The van der Waals surface area contributed by atoms with Crippen molar-refractivity contribution in [1.82, 2.24) is 0 Å². The first kappa shape index (κ1) is 22.4. The third-order valence-corrected chi connectivity index (χ3v) is 7.94. The zero-order chi connectivity index (χ0) is 20.3. The lowest BCUT2D eigenvalue weighted by Gasteiger charge is -2.30. The average molecular weight is 394 g/mol. The van der Waals surface area contributed by atoms with Gasteiger partial charge in [-0.2, -0.15) is 5.26 Å². The van der Waals surface area contributed by atoms with Gasteiger partial charge in [0.15, 0.2) is 0 Å². The summed E-state index contributed by atoms with van der Waals surface area (Å²) in [5, 5.41) is 8.67. The molecule has 1 heteroatoms. The standard InChI is InChI=1S/C28H43N/c1-2-3-5-8-23-10-14-25(15-11-23)27-18-20-28(21-19-27)26-16-12-24(13-17-26)9-6-4-7-22-29/h18-21,23-26H,2-17H2,1H3. The second kappa shape index (κ2) is 12.4. The number of hydrogen-bond acceptors (Lipinski definition) is 1. The van der Waals surface area contributed by atoms with Gasteiger partial charge >= 0.3 is 0 Å². The lowest BCUT2D eigenvalue weighted by Crippen LogP contribution is -2.14. The molecule has 0 bridgehead atoms. The molecule has 0 aromatic heterocycles. The van der Waals surface area contributed by atoms with Crippen LogP contribution in [0, 0.1) is 23.2 Å². The Hall–Kier alpha value is -1.29. The van der Waals surface area contributed by atoms with Crippen molar-refractivity contribution in [3.8, 4) is 6.07 Å². The molecule has 0 amide bonds. The van der Waals surface area contributed by atoms with E-state index in [2.05, 4.69) is 37.3 Å². The van der Waals surface area contributed by atoms with Crippen LogP contribution in [0.4, 0.5) is 0 Å². The molecule has 0 radical (unpaired) electrons. The van der Waals surface area contributed by atoms with Gasteiger partial charge in [0.2, 0.25) is 0 Å². The summed E-state index contributed by atoms with van der Waals surface area (Å²) in [4.78, 5) is 0. The van der Waals surface area contributed by atoms with Crippen LogP contribution in [-0.2, 0) is 0 Å². The van der Waals surface area contributed by atoms with Crippen LogP contribution in [-0.4, -0.2) is 0 Å². The van der Waals surface area contributed by atoms with Crippen molar-refractivity contribution >= 4 is 0 Å². The molecule has 0 aliphatic heterocycles. The summed E-state index contributed by atoms with van der Waals surface area (Å²) < 4.78 is 0. The summed E-state index contributed by atoms with van der Waals surface area (Å²) in [6.45, 7) is 2.31. The number of unbranched alkanes of at least 4 members (excludes halogenated alkanes) is 4. The van der Waals surface area contributed by atoms with E-state index in [-0.39, 0.29) is 0 Å². The first-order valence-corrected chi connectivity index (χ1v) is 12.8. The van der Waals surface area contributed by atoms with E-state index in [1.165, 1.54) is 89.9 Å². The highest BCUT2D eigenvalue weighted by molar-refractivity contribution is 5.28. The van der Waals surface area contributed by atoms with E-state index in [9.17, 15) is 0 Å². The van der Waals surface area contributed by atoms with Gasteiger partial charge in [0, 0.05) is 6.42 Å². The minimum Gasteiger partial charge on any atom is -0.198 e. The van der Waals surface area contributed by atoms with E-state index in [0.29, 0.717) is 0 Å². The van der Waals surface area contributed by atoms with E-state index >= 15 is 0 Å². The van der Waals surface area contributed by atoms with E-state index < -0.39 is 0 Å². The van der Waals surface area contributed by atoms with Gasteiger partial charge in [-0.15, -0.1) is 0 Å². The highest BCUT2D eigenvalue weighted by atomic mass is 14.3. The number of nitriles is 1. The molecule has 0 saturated heterocycles. The molecule has 0 N–H and O–H groups in total. The van der Waals surface area contributed by atoms with Crippen molar-refractivity contribution in [2.45, 2.75) is 121 Å². The SMILES string of the molecule is CCCCCC1CCC(c2ccc(C3CCC(CCCCC#N)CC3)cc2)CC1. The molecule has 1 aromatic rings. The second-order valence-corrected chi connectivity index (χ2v) is 10.0. The Kier molecular flexibility index (Phi) is 9.59. The summed E-state index contributed by atoms with van der Waals surface area (Å²) in [6.07, 6.45) is 21.4. The van der Waals surface area contributed by atoms with Crippen LogP contribution in [0.25, 0.3) is 0 Å². The van der Waals surface area contributed by atoms with Crippen molar-refractivity contribution in [1.29, 1.82) is 5.26 Å². The molecular formula is C28H43N. The minimum atomic E-state index is 0.738. The van der Waals surface area contributed by atoms with Gasteiger partial charge in [-0.1, -0.05) is 69.7 Å². The molecule has 160 valence electrons. The van der Waals surface area contributed by atoms with Gasteiger partial charge in [-0.3, -0.25) is 0 Å². The molecule has 0 atom stereocenters. The first-order chi connectivity index (χ1) is 14.3. The molecule has 29 heavy (non-hydrogen) atoms. The largest absolute Gasteiger partial charge is 0.198 e. The Morgan fingerprint density at radius 2 is 1.14 bits per heavy atom. The maximum absolute atomic E-state index is 8.67. The van der Waals surface area contributed by atoms with Crippen molar-refractivity contribution in [2.24, 2.45) is 11.8 Å². The molecule has 2 aliphatic rings. The molecule has 0 spiro atoms. The number of rotatable bonds is 10. The second-order valence-electron chi connectivity index (χ2n) is 10.0. The van der Waals surface area contributed by atoms with E-state index in [1.54, 1.807) is 11.1 Å². The number of hydrogen-bond donors (Lipinski definition) is 0. The molecule has 2 fully saturated rings. The van der Waals surface area contributed by atoms with Gasteiger partial charge in [0.1, 0.15) is 0 Å². The van der Waals surface area contributed by atoms with Crippen LogP contribution < -0.4 is 0 Å². The molecule has 3 rings (SSSR count). The summed E-state index contributed by atoms with van der Waals surface area (Å²) in [5.41, 5.74) is 3.19. The zero-order valence-corrected chi connectivity index (χ0v) is 18.9. The molecule has 2 saturated carbocycles. The molecule has 1 aromatic carbocycles. The molecule has 2 aliphatic carbocycles. The van der Waals surface area contributed by atoms with E-state index in [1.807, 2.05) is 0 Å². The van der Waals surface area contributed by atoms with Crippen molar-refractivity contribution in [3.63, 3.8) is 0 Å². The lowest BCUT2D eigenvalue weighted by molar-refractivity contribution is 0.301. The third kappa shape index (κ3) is 7.16. The quantitative estimate of drug-likeness (QED) is 0.364. The summed E-state index contributed by atoms with van der Waals surface area (Å²) in [6, 6.07) is 12.1. The minimum absolute atomic E-state index is 0.738. The fourth-order valence-corrected chi connectivity index (χ4v) is 5.93. The van der Waals surface area contributed by atoms with Crippen LogP contribution in [0.3, 0.4) is 0 Å². The highest BCUT2D eigenvalue weighted by Crippen LogP contribution is 2.40. The van der Waals surface area contributed by atoms with Crippen LogP contribution in [0.15, 0.2) is 24.3 Å². The van der Waals surface area contributed by atoms with Crippen LogP contribution in [0.2, 0.25) is 0 Å². The van der Waals surface area contributed by atoms with E-state index in [4.69, 9.17) is 5.26 Å². The van der Waals surface area contributed by atoms with Crippen molar-refractivity contribution < 1.29 is 0 Å². The summed E-state index contributed by atoms with van der Waals surface area (Å²) in [7, 11) is 0. The normalized spacial score (nSPS) is 27.4. The summed E-state index contributed by atoms with van der Waals surface area (Å²) in [5.74, 6) is 3.52. The van der Waals surface area contributed by atoms with Gasteiger partial charge < -0.3 is 0 Å². The third-order valence-electron chi connectivity index (χ3n) is 7.94. The molecule has 0 heterocycles. The fraction of sp³-hybridized carbons (Fsp3) is 0.750. The summed E-state index contributed by atoms with van der Waals surface area (Å²) >= 11 is 0. The maximum atomic E-state index is 8.67. The van der Waals surface area contributed by atoms with Gasteiger partial charge in [-0.05, 0) is 92.6 Å². The number of benzene rings is 1. The topological polar surface area (TPSA) is 23.8 Å². The average Bonchev–Trinajstić information content (AvgIpc) is 2.78. The Labute approximate surface area is 180 Å². The Balaban J connectivity index is 1.39. The molecule has 0 unspecified atom stereocenters. The highest BCUT2D eigenvalue weighted by Gasteiger charge is 2.24. The first-order valence-electron chi connectivity index (χ1n) is 12.8. The monoisotopic (exact) mass is 393 g/mol. The van der Waals surface area contributed by atoms with Crippen molar-refractivity contribution in [2.75, 3.05) is 0 Å². The molecule has 1 nitrogen and oxygen atoms in total. The van der Waals surface area contributed by atoms with Gasteiger partial charge in [-0.25, -0.2) is 0 Å². The predicted molar refractivity (Wildman–Crippen MR) is 124 cm³/mol.